The monoisotopic (exact) mass is 125 g/mol. The summed E-state index contributed by atoms with van der Waals surface area (Å²) in [5, 5.41) is 3.10. The van der Waals surface area contributed by atoms with Crippen molar-refractivity contribution in [2.75, 3.05) is 7.11 Å². The van der Waals surface area contributed by atoms with Crippen LogP contribution in [0.3, 0.4) is 0 Å². The van der Waals surface area contributed by atoms with Crippen molar-refractivity contribution in [1.29, 1.82) is 0 Å². The first kappa shape index (κ1) is 6.20. The van der Waals surface area contributed by atoms with Crippen molar-refractivity contribution in [3.63, 3.8) is 0 Å². The van der Waals surface area contributed by atoms with Crippen molar-refractivity contribution in [3.05, 3.63) is 24.6 Å². The summed E-state index contributed by atoms with van der Waals surface area (Å²) >= 11 is 0. The second kappa shape index (κ2) is 2.58. The maximum atomic E-state index is 4.94. The van der Waals surface area contributed by atoms with Gasteiger partial charge in [0.2, 0.25) is 0 Å². The topological polar surface area (TPSA) is 21.3 Å². The zero-order chi connectivity index (χ0) is 6.69. The maximum Gasteiger partial charge on any atom is 0.111 e. The van der Waals surface area contributed by atoms with Crippen LogP contribution in [-0.2, 0) is 4.74 Å². The average molecular weight is 125 g/mol. The molecular weight excluding hydrogens is 114 g/mol. The molecule has 9 heavy (non-hydrogen) atoms. The predicted molar refractivity (Wildman–Crippen MR) is 36.8 cm³/mol. The molecule has 0 aromatic carbocycles. The molecule has 0 bridgehead atoms. The molecule has 1 aliphatic heterocycles. The third kappa shape index (κ3) is 1.25. The number of rotatable bonds is 2. The second-order valence-electron chi connectivity index (χ2n) is 2.03. The van der Waals surface area contributed by atoms with Gasteiger partial charge >= 0.3 is 0 Å². The number of ether oxygens (including phenoxy) is 1. The molecule has 0 saturated heterocycles. The lowest BCUT2D eigenvalue weighted by Gasteiger charge is -2.11. The molecule has 0 aromatic heterocycles. The number of hydrogen-bond donors (Lipinski definition) is 1. The van der Waals surface area contributed by atoms with E-state index >= 15 is 0 Å². The highest BCUT2D eigenvalue weighted by atomic mass is 16.5. The van der Waals surface area contributed by atoms with E-state index in [1.165, 1.54) is 0 Å². The van der Waals surface area contributed by atoms with Crippen LogP contribution in [0, 0.1) is 0 Å². The zero-order valence-electron chi connectivity index (χ0n) is 5.55. The van der Waals surface area contributed by atoms with Crippen LogP contribution in [0.2, 0.25) is 0 Å². The Morgan fingerprint density at radius 3 is 3.11 bits per heavy atom. The number of methoxy groups -OCH3 is 1. The Kier molecular flexibility index (Phi) is 1.78. The Labute approximate surface area is 55.2 Å². The van der Waals surface area contributed by atoms with Crippen molar-refractivity contribution in [1.82, 2.24) is 5.32 Å². The zero-order valence-corrected chi connectivity index (χ0v) is 5.55. The molecule has 0 aliphatic carbocycles. The van der Waals surface area contributed by atoms with E-state index in [9.17, 15) is 0 Å². The summed E-state index contributed by atoms with van der Waals surface area (Å²) in [6, 6.07) is 0.301. The van der Waals surface area contributed by atoms with Crippen molar-refractivity contribution >= 4 is 0 Å². The van der Waals surface area contributed by atoms with Crippen LogP contribution in [0.4, 0.5) is 0 Å². The highest BCUT2D eigenvalue weighted by Gasteiger charge is 2.12. The average Bonchev–Trinajstić information content (AvgIpc) is 2.37. The van der Waals surface area contributed by atoms with Crippen molar-refractivity contribution in [2.45, 2.75) is 12.5 Å². The molecule has 0 aromatic rings. The Balaban J connectivity index is 2.36. The summed E-state index contributed by atoms with van der Waals surface area (Å²) in [5.41, 5.74) is 0. The lowest BCUT2D eigenvalue weighted by molar-refractivity contribution is 0.261. The molecule has 2 heteroatoms. The minimum absolute atomic E-state index is 0.301. The van der Waals surface area contributed by atoms with Crippen molar-refractivity contribution < 1.29 is 4.74 Å². The van der Waals surface area contributed by atoms with Gasteiger partial charge in [0.1, 0.15) is 5.76 Å². The van der Waals surface area contributed by atoms with Gasteiger partial charge < -0.3 is 10.1 Å². The van der Waals surface area contributed by atoms with Crippen molar-refractivity contribution in [2.24, 2.45) is 0 Å². The lowest BCUT2D eigenvalue weighted by Crippen LogP contribution is -2.21. The van der Waals surface area contributed by atoms with Crippen LogP contribution < -0.4 is 5.32 Å². The van der Waals surface area contributed by atoms with Gasteiger partial charge in [-0.05, 0) is 12.6 Å². The minimum Gasteiger partial charge on any atom is -0.500 e. The van der Waals surface area contributed by atoms with E-state index in [1.54, 1.807) is 7.11 Å². The summed E-state index contributed by atoms with van der Waals surface area (Å²) in [6.45, 7) is 3.73. The third-order valence-corrected chi connectivity index (χ3v) is 1.44. The quantitative estimate of drug-likeness (QED) is 0.556. The normalized spacial score (nSPS) is 23.4. The summed E-state index contributed by atoms with van der Waals surface area (Å²) in [6.07, 6.45) is 4.98. The molecule has 2 nitrogen and oxygen atoms in total. The summed E-state index contributed by atoms with van der Waals surface area (Å²) < 4.78 is 4.94. The van der Waals surface area contributed by atoms with Gasteiger partial charge in [0.25, 0.3) is 0 Å². The van der Waals surface area contributed by atoms with Gasteiger partial charge in [0.05, 0.1) is 13.2 Å². The second-order valence-corrected chi connectivity index (χ2v) is 2.03. The van der Waals surface area contributed by atoms with Crippen LogP contribution in [0.1, 0.15) is 6.42 Å². The molecule has 0 fully saturated rings. The van der Waals surface area contributed by atoms with E-state index in [4.69, 9.17) is 4.74 Å². The molecule has 0 amide bonds. The first-order valence-electron chi connectivity index (χ1n) is 2.98. The summed E-state index contributed by atoms with van der Waals surface area (Å²) in [7, 11) is 1.64. The molecule has 0 saturated carbocycles. The van der Waals surface area contributed by atoms with Crippen LogP contribution in [0.25, 0.3) is 0 Å². The molecule has 1 atom stereocenters. The first-order valence-corrected chi connectivity index (χ1v) is 2.98. The first-order chi connectivity index (χ1) is 4.34. The largest absolute Gasteiger partial charge is 0.500 e. The molecule has 1 aliphatic rings. The molecule has 50 valence electrons. The highest BCUT2D eigenvalue weighted by molar-refractivity contribution is 5.08. The fourth-order valence-electron chi connectivity index (χ4n) is 0.823. The Morgan fingerprint density at radius 2 is 2.67 bits per heavy atom. The van der Waals surface area contributed by atoms with E-state index in [2.05, 4.69) is 18.0 Å². The van der Waals surface area contributed by atoms with Crippen LogP contribution in [-0.4, -0.2) is 13.2 Å². The Bertz CT molecular complexity index is 132. The Hall–Kier alpha value is -0.920. The predicted octanol–water partition coefficient (Wildman–Crippen LogP) is 1.02. The van der Waals surface area contributed by atoms with E-state index in [-0.39, 0.29) is 0 Å². The molecule has 1 heterocycles. The van der Waals surface area contributed by atoms with E-state index in [1.807, 2.05) is 6.20 Å². The maximum absolute atomic E-state index is 4.94. The van der Waals surface area contributed by atoms with Gasteiger partial charge in [0.15, 0.2) is 0 Å². The smallest absolute Gasteiger partial charge is 0.111 e. The van der Waals surface area contributed by atoms with Gasteiger partial charge in [-0.2, -0.15) is 0 Å². The van der Waals surface area contributed by atoms with Gasteiger partial charge in [-0.15, -0.1) is 0 Å². The van der Waals surface area contributed by atoms with Crippen LogP contribution >= 0.6 is 0 Å². The fraction of sp³-hybridized carbons (Fsp3) is 0.429. The molecule has 1 rings (SSSR count). The number of hydrogen-bond acceptors (Lipinski definition) is 2. The van der Waals surface area contributed by atoms with Gasteiger partial charge in [-0.3, -0.25) is 0 Å². The third-order valence-electron chi connectivity index (χ3n) is 1.44. The molecular formula is C7H11NO. The van der Waals surface area contributed by atoms with E-state index < -0.39 is 0 Å². The standard InChI is InChI=1S/C7H11NO/c1-6(9-2)7-4-3-5-8-7/h3,5,7-8H,1,4H2,2H3. The highest BCUT2D eigenvalue weighted by Crippen LogP contribution is 2.09. The van der Waals surface area contributed by atoms with Gasteiger partial charge in [0, 0.05) is 0 Å². The van der Waals surface area contributed by atoms with Crippen molar-refractivity contribution in [3.8, 4) is 0 Å². The minimum atomic E-state index is 0.301. The lowest BCUT2D eigenvalue weighted by atomic mass is 10.2. The van der Waals surface area contributed by atoms with Gasteiger partial charge in [-0.25, -0.2) is 0 Å². The SMILES string of the molecule is C=C(OC)C1CC=CN1. The van der Waals surface area contributed by atoms with Crippen LogP contribution in [0.5, 0.6) is 0 Å². The number of nitrogens with one attached hydrogen (secondary N) is 1. The van der Waals surface area contributed by atoms with E-state index in [0.29, 0.717) is 6.04 Å². The molecule has 1 N–H and O–H groups in total. The molecule has 0 spiro atoms. The van der Waals surface area contributed by atoms with Crippen LogP contribution in [0.15, 0.2) is 24.6 Å². The molecule has 0 radical (unpaired) electrons. The Morgan fingerprint density at radius 1 is 1.89 bits per heavy atom. The fourth-order valence-corrected chi connectivity index (χ4v) is 0.823. The van der Waals surface area contributed by atoms with Gasteiger partial charge in [-0.1, -0.05) is 12.7 Å². The summed E-state index contributed by atoms with van der Waals surface area (Å²) in [5.74, 6) is 0.806. The summed E-state index contributed by atoms with van der Waals surface area (Å²) in [4.78, 5) is 0. The van der Waals surface area contributed by atoms with E-state index in [0.717, 1.165) is 12.2 Å². The molecule has 1 unspecified atom stereocenters.